The number of pyridine rings is 1. The van der Waals surface area contributed by atoms with Crippen LogP contribution in [0.3, 0.4) is 0 Å². The standard InChI is InChI=1S/C15H19N3/c1-10-2-3-11(8-10)18-15-5-4-14(16)13-9-17-7-6-12(13)15/h4-7,9-11,18H,2-3,8,16H2,1H3. The van der Waals surface area contributed by atoms with E-state index in [9.17, 15) is 0 Å². The first-order valence-corrected chi connectivity index (χ1v) is 6.63. The number of aromatic nitrogens is 1. The van der Waals surface area contributed by atoms with E-state index >= 15 is 0 Å². The molecule has 0 amide bonds. The van der Waals surface area contributed by atoms with Gasteiger partial charge in [-0.2, -0.15) is 0 Å². The number of hydrogen-bond acceptors (Lipinski definition) is 3. The van der Waals surface area contributed by atoms with Crippen LogP contribution in [0.15, 0.2) is 30.6 Å². The van der Waals surface area contributed by atoms with Crippen molar-refractivity contribution < 1.29 is 0 Å². The molecule has 1 aliphatic carbocycles. The van der Waals surface area contributed by atoms with Gasteiger partial charge in [0.15, 0.2) is 0 Å². The monoisotopic (exact) mass is 241 g/mol. The number of nitrogens with two attached hydrogens (primary N) is 1. The number of benzene rings is 1. The predicted molar refractivity (Wildman–Crippen MR) is 76.6 cm³/mol. The molecule has 0 spiro atoms. The van der Waals surface area contributed by atoms with Gasteiger partial charge in [-0.25, -0.2) is 0 Å². The van der Waals surface area contributed by atoms with Gasteiger partial charge in [0.05, 0.1) is 0 Å². The van der Waals surface area contributed by atoms with Gasteiger partial charge in [0.1, 0.15) is 0 Å². The van der Waals surface area contributed by atoms with E-state index in [0.29, 0.717) is 6.04 Å². The number of nitrogens with one attached hydrogen (secondary N) is 1. The highest BCUT2D eigenvalue weighted by atomic mass is 14.9. The van der Waals surface area contributed by atoms with Crippen LogP contribution in [-0.4, -0.2) is 11.0 Å². The summed E-state index contributed by atoms with van der Waals surface area (Å²) in [6, 6.07) is 6.68. The molecule has 3 nitrogen and oxygen atoms in total. The van der Waals surface area contributed by atoms with Crippen molar-refractivity contribution in [3.05, 3.63) is 30.6 Å². The van der Waals surface area contributed by atoms with Crippen LogP contribution < -0.4 is 11.1 Å². The van der Waals surface area contributed by atoms with Crippen LogP contribution in [0.5, 0.6) is 0 Å². The Bertz CT molecular complexity index is 565. The molecule has 18 heavy (non-hydrogen) atoms. The van der Waals surface area contributed by atoms with E-state index in [1.54, 1.807) is 0 Å². The van der Waals surface area contributed by atoms with Gasteiger partial charge < -0.3 is 11.1 Å². The Labute approximate surface area is 107 Å². The zero-order valence-corrected chi connectivity index (χ0v) is 10.7. The van der Waals surface area contributed by atoms with E-state index in [4.69, 9.17) is 5.73 Å². The summed E-state index contributed by atoms with van der Waals surface area (Å²) in [6.07, 6.45) is 7.51. The predicted octanol–water partition coefficient (Wildman–Crippen LogP) is 3.42. The van der Waals surface area contributed by atoms with Gasteiger partial charge in [-0.15, -0.1) is 0 Å². The molecule has 1 aromatic heterocycles. The Morgan fingerprint density at radius 3 is 2.89 bits per heavy atom. The lowest BCUT2D eigenvalue weighted by Crippen LogP contribution is -2.15. The van der Waals surface area contributed by atoms with Crippen molar-refractivity contribution >= 4 is 22.1 Å². The summed E-state index contributed by atoms with van der Waals surface area (Å²) in [5, 5.41) is 5.86. The highest BCUT2D eigenvalue weighted by Crippen LogP contribution is 2.32. The molecule has 3 rings (SSSR count). The second kappa shape index (κ2) is 4.48. The van der Waals surface area contributed by atoms with Crippen molar-refractivity contribution in [2.24, 2.45) is 5.92 Å². The van der Waals surface area contributed by atoms with Gasteiger partial charge in [0, 0.05) is 40.6 Å². The largest absolute Gasteiger partial charge is 0.398 e. The number of anilines is 2. The first kappa shape index (κ1) is 11.3. The van der Waals surface area contributed by atoms with Crippen molar-refractivity contribution in [3.63, 3.8) is 0 Å². The van der Waals surface area contributed by atoms with E-state index in [1.807, 2.05) is 24.5 Å². The van der Waals surface area contributed by atoms with E-state index in [0.717, 1.165) is 17.0 Å². The zero-order valence-electron chi connectivity index (χ0n) is 10.7. The molecule has 3 N–H and O–H groups in total. The van der Waals surface area contributed by atoms with Gasteiger partial charge in [-0.1, -0.05) is 6.92 Å². The molecule has 1 heterocycles. The SMILES string of the molecule is CC1CCC(Nc2ccc(N)c3cnccc23)C1. The van der Waals surface area contributed by atoms with Gasteiger partial charge in [0.2, 0.25) is 0 Å². The molecule has 0 bridgehead atoms. The Morgan fingerprint density at radius 2 is 2.11 bits per heavy atom. The summed E-state index contributed by atoms with van der Waals surface area (Å²) < 4.78 is 0. The normalized spacial score (nSPS) is 23.4. The topological polar surface area (TPSA) is 50.9 Å². The van der Waals surface area contributed by atoms with Crippen LogP contribution in [0.4, 0.5) is 11.4 Å². The van der Waals surface area contributed by atoms with Crippen LogP contribution in [-0.2, 0) is 0 Å². The van der Waals surface area contributed by atoms with Crippen molar-refractivity contribution in [1.82, 2.24) is 4.98 Å². The van der Waals surface area contributed by atoms with E-state index in [-0.39, 0.29) is 0 Å². The number of nitrogen functional groups attached to an aromatic ring is 1. The van der Waals surface area contributed by atoms with Gasteiger partial charge in [-0.05, 0) is 43.4 Å². The van der Waals surface area contributed by atoms with Gasteiger partial charge in [0.25, 0.3) is 0 Å². The fraction of sp³-hybridized carbons (Fsp3) is 0.400. The highest BCUT2D eigenvalue weighted by Gasteiger charge is 2.21. The lowest BCUT2D eigenvalue weighted by atomic mass is 10.1. The van der Waals surface area contributed by atoms with Crippen LogP contribution in [0.25, 0.3) is 10.8 Å². The molecule has 94 valence electrons. The summed E-state index contributed by atoms with van der Waals surface area (Å²) in [5.74, 6) is 0.837. The summed E-state index contributed by atoms with van der Waals surface area (Å²) >= 11 is 0. The van der Waals surface area contributed by atoms with Gasteiger partial charge >= 0.3 is 0 Å². The first-order valence-electron chi connectivity index (χ1n) is 6.63. The van der Waals surface area contributed by atoms with Crippen LogP contribution in [0.1, 0.15) is 26.2 Å². The van der Waals surface area contributed by atoms with Crippen molar-refractivity contribution in [2.45, 2.75) is 32.2 Å². The van der Waals surface area contributed by atoms with E-state index < -0.39 is 0 Å². The van der Waals surface area contributed by atoms with Crippen molar-refractivity contribution in [1.29, 1.82) is 0 Å². The molecule has 1 fully saturated rings. The summed E-state index contributed by atoms with van der Waals surface area (Å²) in [6.45, 7) is 2.33. The maximum absolute atomic E-state index is 5.99. The minimum atomic E-state index is 0.597. The summed E-state index contributed by atoms with van der Waals surface area (Å²) in [7, 11) is 0. The molecule has 2 aromatic rings. The molecular formula is C15H19N3. The summed E-state index contributed by atoms with van der Waals surface area (Å²) in [5.41, 5.74) is 7.96. The highest BCUT2D eigenvalue weighted by molar-refractivity contribution is 6.00. The molecule has 2 unspecified atom stereocenters. The molecule has 0 saturated heterocycles. The number of fused-ring (bicyclic) bond motifs is 1. The number of nitrogens with zero attached hydrogens (tertiary/aromatic N) is 1. The molecule has 3 heteroatoms. The summed E-state index contributed by atoms with van der Waals surface area (Å²) in [4.78, 5) is 4.15. The minimum absolute atomic E-state index is 0.597. The molecule has 0 aliphatic heterocycles. The Kier molecular flexibility index (Phi) is 2.82. The number of hydrogen-bond donors (Lipinski definition) is 2. The fourth-order valence-electron chi connectivity index (χ4n) is 2.90. The maximum atomic E-state index is 5.99. The molecule has 1 saturated carbocycles. The average Bonchev–Trinajstić information content (AvgIpc) is 2.79. The van der Waals surface area contributed by atoms with Crippen LogP contribution in [0.2, 0.25) is 0 Å². The molecular weight excluding hydrogens is 222 g/mol. The first-order chi connectivity index (χ1) is 8.74. The third-order valence-corrected chi connectivity index (χ3v) is 3.91. The van der Waals surface area contributed by atoms with E-state index in [1.165, 1.54) is 30.3 Å². The second-order valence-electron chi connectivity index (χ2n) is 5.38. The van der Waals surface area contributed by atoms with Gasteiger partial charge in [-0.3, -0.25) is 4.98 Å². The van der Waals surface area contributed by atoms with Crippen LogP contribution in [0, 0.1) is 5.92 Å². The lowest BCUT2D eigenvalue weighted by molar-refractivity contribution is 0.603. The van der Waals surface area contributed by atoms with E-state index in [2.05, 4.69) is 23.3 Å². The molecule has 0 radical (unpaired) electrons. The fourth-order valence-corrected chi connectivity index (χ4v) is 2.90. The van der Waals surface area contributed by atoms with Crippen LogP contribution >= 0.6 is 0 Å². The third-order valence-electron chi connectivity index (χ3n) is 3.91. The molecule has 2 atom stereocenters. The lowest BCUT2D eigenvalue weighted by Gasteiger charge is -2.16. The Hall–Kier alpha value is -1.77. The number of rotatable bonds is 2. The Morgan fingerprint density at radius 1 is 1.22 bits per heavy atom. The molecule has 1 aliphatic rings. The van der Waals surface area contributed by atoms with Crippen molar-refractivity contribution in [2.75, 3.05) is 11.1 Å². The molecule has 1 aromatic carbocycles. The zero-order chi connectivity index (χ0) is 12.5. The van der Waals surface area contributed by atoms with Crippen molar-refractivity contribution in [3.8, 4) is 0 Å². The minimum Gasteiger partial charge on any atom is -0.398 e. The smallest absolute Gasteiger partial charge is 0.0424 e. The Balaban J connectivity index is 1.95. The average molecular weight is 241 g/mol. The third kappa shape index (κ3) is 2.01. The maximum Gasteiger partial charge on any atom is 0.0424 e. The quantitative estimate of drug-likeness (QED) is 0.792. The second-order valence-corrected chi connectivity index (χ2v) is 5.38.